The predicted octanol–water partition coefficient (Wildman–Crippen LogP) is 3.10. The van der Waals surface area contributed by atoms with Crippen LogP contribution in [0.2, 0.25) is 5.02 Å². The van der Waals surface area contributed by atoms with Gasteiger partial charge in [0.25, 0.3) is 0 Å². The lowest BCUT2D eigenvalue weighted by atomic mass is 10.0. The molecule has 0 aliphatic carbocycles. The molecule has 0 fully saturated rings. The monoisotopic (exact) mass is 266 g/mol. The largest absolute Gasteiger partial charge is 0.417 e. The van der Waals surface area contributed by atoms with Crippen molar-refractivity contribution >= 4 is 11.6 Å². The molecule has 0 heterocycles. The summed E-state index contributed by atoms with van der Waals surface area (Å²) in [5.41, 5.74) is 10.6. The van der Waals surface area contributed by atoms with Crippen LogP contribution in [0.5, 0.6) is 0 Å². The smallest absolute Gasteiger partial charge is 0.330 e. The second-order valence-corrected chi connectivity index (χ2v) is 4.12. The standard InChI is InChI=1S/C11H14ClF3N2/c12-10-7(9(17)5-2-6-16)3-1-4-8(10)11(13,14)15/h1,3-4,9H,2,5-6,16-17H2/t9-/m1/s1. The van der Waals surface area contributed by atoms with E-state index in [1.807, 2.05) is 0 Å². The van der Waals surface area contributed by atoms with E-state index in [4.69, 9.17) is 23.1 Å². The molecule has 1 aromatic carbocycles. The van der Waals surface area contributed by atoms with Gasteiger partial charge in [-0.15, -0.1) is 0 Å². The van der Waals surface area contributed by atoms with Crippen molar-refractivity contribution in [3.8, 4) is 0 Å². The Labute approximate surface area is 103 Å². The molecule has 6 heteroatoms. The van der Waals surface area contributed by atoms with E-state index >= 15 is 0 Å². The van der Waals surface area contributed by atoms with Crippen molar-refractivity contribution in [3.05, 3.63) is 34.3 Å². The van der Waals surface area contributed by atoms with Crippen LogP contribution in [0.1, 0.15) is 30.0 Å². The molecule has 1 rings (SSSR count). The Morgan fingerprint density at radius 2 is 1.94 bits per heavy atom. The van der Waals surface area contributed by atoms with Gasteiger partial charge in [-0.3, -0.25) is 0 Å². The van der Waals surface area contributed by atoms with Gasteiger partial charge in [-0.25, -0.2) is 0 Å². The third-order valence-corrected chi connectivity index (χ3v) is 2.87. The Kier molecular flexibility index (Phi) is 4.80. The van der Waals surface area contributed by atoms with Gasteiger partial charge in [-0.2, -0.15) is 13.2 Å². The maximum Gasteiger partial charge on any atom is 0.417 e. The van der Waals surface area contributed by atoms with E-state index in [0.717, 1.165) is 6.07 Å². The normalized spacial score (nSPS) is 13.8. The highest BCUT2D eigenvalue weighted by molar-refractivity contribution is 6.32. The highest BCUT2D eigenvalue weighted by atomic mass is 35.5. The summed E-state index contributed by atoms with van der Waals surface area (Å²) in [6.45, 7) is 0.449. The molecule has 4 N–H and O–H groups in total. The molecule has 0 unspecified atom stereocenters. The highest BCUT2D eigenvalue weighted by Gasteiger charge is 2.34. The van der Waals surface area contributed by atoms with E-state index in [1.54, 1.807) is 0 Å². The molecule has 0 saturated heterocycles. The molecule has 0 spiro atoms. The second-order valence-electron chi connectivity index (χ2n) is 3.74. The van der Waals surface area contributed by atoms with Crippen LogP contribution in [0.15, 0.2) is 18.2 Å². The number of alkyl halides is 3. The van der Waals surface area contributed by atoms with Crippen molar-refractivity contribution in [2.24, 2.45) is 11.5 Å². The summed E-state index contributed by atoms with van der Waals surface area (Å²) in [6, 6.07) is 3.25. The van der Waals surface area contributed by atoms with Gasteiger partial charge in [-0.05, 0) is 31.0 Å². The van der Waals surface area contributed by atoms with E-state index in [2.05, 4.69) is 0 Å². The molecule has 0 bridgehead atoms. The molecule has 0 aromatic heterocycles. The van der Waals surface area contributed by atoms with Crippen LogP contribution < -0.4 is 11.5 Å². The minimum Gasteiger partial charge on any atom is -0.330 e. The molecule has 0 amide bonds. The van der Waals surface area contributed by atoms with E-state index in [1.165, 1.54) is 12.1 Å². The molecule has 0 radical (unpaired) electrons. The highest BCUT2D eigenvalue weighted by Crippen LogP contribution is 2.38. The molecular weight excluding hydrogens is 253 g/mol. The van der Waals surface area contributed by atoms with Crippen LogP contribution in [0.4, 0.5) is 13.2 Å². The molecule has 17 heavy (non-hydrogen) atoms. The van der Waals surface area contributed by atoms with Crippen molar-refractivity contribution in [2.45, 2.75) is 25.1 Å². The third-order valence-electron chi connectivity index (χ3n) is 2.45. The Morgan fingerprint density at radius 3 is 2.47 bits per heavy atom. The molecular formula is C11H14ClF3N2. The first-order valence-corrected chi connectivity index (χ1v) is 5.57. The summed E-state index contributed by atoms with van der Waals surface area (Å²) in [6.07, 6.45) is -3.30. The number of hydrogen-bond donors (Lipinski definition) is 2. The first kappa shape index (κ1) is 14.3. The van der Waals surface area contributed by atoms with Gasteiger partial charge in [0.05, 0.1) is 10.6 Å². The number of benzene rings is 1. The van der Waals surface area contributed by atoms with Crippen LogP contribution >= 0.6 is 11.6 Å². The number of halogens is 4. The quantitative estimate of drug-likeness (QED) is 0.880. The lowest BCUT2D eigenvalue weighted by Crippen LogP contribution is -2.15. The van der Waals surface area contributed by atoms with Crippen LogP contribution in [-0.4, -0.2) is 6.54 Å². The molecule has 0 aliphatic rings. The van der Waals surface area contributed by atoms with E-state index in [-0.39, 0.29) is 5.02 Å². The Hall–Kier alpha value is -0.780. The topological polar surface area (TPSA) is 52.0 Å². The Bertz CT molecular complexity index is 379. The fourth-order valence-electron chi connectivity index (χ4n) is 1.55. The molecule has 1 aromatic rings. The first-order valence-electron chi connectivity index (χ1n) is 5.19. The van der Waals surface area contributed by atoms with Gasteiger partial charge in [0.1, 0.15) is 0 Å². The third kappa shape index (κ3) is 3.59. The zero-order valence-corrected chi connectivity index (χ0v) is 9.85. The number of nitrogens with two attached hydrogens (primary N) is 2. The second kappa shape index (κ2) is 5.71. The van der Waals surface area contributed by atoms with Gasteiger partial charge in [0.2, 0.25) is 0 Å². The van der Waals surface area contributed by atoms with Crippen LogP contribution in [0.3, 0.4) is 0 Å². The van der Waals surface area contributed by atoms with Gasteiger partial charge in [0.15, 0.2) is 0 Å². The Morgan fingerprint density at radius 1 is 1.29 bits per heavy atom. The zero-order chi connectivity index (χ0) is 13.1. The lowest BCUT2D eigenvalue weighted by Gasteiger charge is -2.17. The summed E-state index contributed by atoms with van der Waals surface area (Å²) in [5.74, 6) is 0. The maximum atomic E-state index is 12.6. The van der Waals surface area contributed by atoms with E-state index in [0.29, 0.717) is 24.9 Å². The van der Waals surface area contributed by atoms with Crippen LogP contribution in [0, 0.1) is 0 Å². The summed E-state index contributed by atoms with van der Waals surface area (Å²) in [7, 11) is 0. The summed E-state index contributed by atoms with van der Waals surface area (Å²) < 4.78 is 37.8. The van der Waals surface area contributed by atoms with Crippen molar-refractivity contribution in [2.75, 3.05) is 6.54 Å². The van der Waals surface area contributed by atoms with E-state index < -0.39 is 17.8 Å². The van der Waals surface area contributed by atoms with Crippen molar-refractivity contribution < 1.29 is 13.2 Å². The van der Waals surface area contributed by atoms with Gasteiger partial charge >= 0.3 is 6.18 Å². The van der Waals surface area contributed by atoms with E-state index in [9.17, 15) is 13.2 Å². The lowest BCUT2D eigenvalue weighted by molar-refractivity contribution is -0.137. The Balaban J connectivity index is 3.02. The number of hydrogen-bond acceptors (Lipinski definition) is 2. The summed E-state index contributed by atoms with van der Waals surface area (Å²) in [4.78, 5) is 0. The average molecular weight is 267 g/mol. The van der Waals surface area contributed by atoms with Crippen molar-refractivity contribution in [1.29, 1.82) is 0 Å². The van der Waals surface area contributed by atoms with Crippen molar-refractivity contribution in [1.82, 2.24) is 0 Å². The summed E-state index contributed by atoms with van der Waals surface area (Å²) in [5, 5.41) is -0.315. The van der Waals surface area contributed by atoms with Gasteiger partial charge in [0, 0.05) is 6.04 Å². The average Bonchev–Trinajstić information content (AvgIpc) is 2.24. The molecule has 1 atom stereocenters. The molecule has 0 saturated carbocycles. The molecule has 0 aliphatic heterocycles. The zero-order valence-electron chi connectivity index (χ0n) is 9.10. The van der Waals surface area contributed by atoms with Gasteiger partial charge in [-0.1, -0.05) is 23.7 Å². The fraction of sp³-hybridized carbons (Fsp3) is 0.455. The van der Waals surface area contributed by atoms with Crippen LogP contribution in [-0.2, 0) is 6.18 Å². The predicted molar refractivity (Wildman–Crippen MR) is 61.7 cm³/mol. The van der Waals surface area contributed by atoms with Gasteiger partial charge < -0.3 is 11.5 Å². The minimum atomic E-state index is -4.46. The summed E-state index contributed by atoms with van der Waals surface area (Å²) >= 11 is 5.74. The minimum absolute atomic E-state index is 0.315. The fourth-order valence-corrected chi connectivity index (χ4v) is 1.92. The first-order chi connectivity index (χ1) is 7.88. The van der Waals surface area contributed by atoms with Crippen molar-refractivity contribution in [3.63, 3.8) is 0 Å². The maximum absolute atomic E-state index is 12.6. The molecule has 96 valence electrons. The molecule has 2 nitrogen and oxygen atoms in total. The van der Waals surface area contributed by atoms with Crippen LogP contribution in [0.25, 0.3) is 0 Å². The SMILES string of the molecule is NCCC[C@@H](N)c1cccc(C(F)(F)F)c1Cl. The number of rotatable bonds is 4.